The number of amides is 1. The number of aryl methyl sites for hydroxylation is 1. The molecule has 2 heterocycles. The Morgan fingerprint density at radius 2 is 2.04 bits per heavy atom. The first kappa shape index (κ1) is 14.6. The SMILES string of the molecule is O=C(NCCc1ccc2c(c1)OCO2)c1csc2c1CCCC2. The third kappa shape index (κ3) is 2.93. The summed E-state index contributed by atoms with van der Waals surface area (Å²) in [7, 11) is 0. The summed E-state index contributed by atoms with van der Waals surface area (Å²) in [6, 6.07) is 5.93. The molecule has 1 aromatic carbocycles. The zero-order chi connectivity index (χ0) is 15.6. The van der Waals surface area contributed by atoms with Crippen LogP contribution in [0.2, 0.25) is 0 Å². The predicted octanol–water partition coefficient (Wildman–Crippen LogP) is 3.33. The second-order valence-electron chi connectivity index (χ2n) is 5.95. The summed E-state index contributed by atoms with van der Waals surface area (Å²) in [4.78, 5) is 13.8. The van der Waals surface area contributed by atoms with Crippen molar-refractivity contribution < 1.29 is 14.3 Å². The van der Waals surface area contributed by atoms with Crippen LogP contribution < -0.4 is 14.8 Å². The number of thiophene rings is 1. The average molecular weight is 329 g/mol. The normalized spacial score (nSPS) is 15.3. The molecular formula is C18H19NO3S. The van der Waals surface area contributed by atoms with Gasteiger partial charge < -0.3 is 14.8 Å². The molecule has 5 heteroatoms. The Balaban J connectivity index is 1.36. The lowest BCUT2D eigenvalue weighted by Crippen LogP contribution is -2.26. The van der Waals surface area contributed by atoms with Crippen molar-refractivity contribution >= 4 is 17.2 Å². The van der Waals surface area contributed by atoms with E-state index in [1.54, 1.807) is 11.3 Å². The van der Waals surface area contributed by atoms with Crippen LogP contribution in [0.25, 0.3) is 0 Å². The van der Waals surface area contributed by atoms with Gasteiger partial charge in [-0.05, 0) is 55.4 Å². The average Bonchev–Trinajstić information content (AvgIpc) is 3.21. The molecule has 1 aliphatic heterocycles. The first-order valence-corrected chi connectivity index (χ1v) is 8.95. The van der Waals surface area contributed by atoms with Crippen molar-refractivity contribution in [2.75, 3.05) is 13.3 Å². The second kappa shape index (κ2) is 6.24. The first-order chi connectivity index (χ1) is 11.3. The molecule has 0 bridgehead atoms. The fourth-order valence-electron chi connectivity index (χ4n) is 3.20. The molecule has 1 aromatic heterocycles. The van der Waals surface area contributed by atoms with Crippen LogP contribution in [0.1, 0.15) is 39.2 Å². The number of benzene rings is 1. The second-order valence-corrected chi connectivity index (χ2v) is 6.92. The van der Waals surface area contributed by atoms with Crippen molar-refractivity contribution in [3.8, 4) is 11.5 Å². The Morgan fingerprint density at radius 1 is 1.17 bits per heavy atom. The smallest absolute Gasteiger partial charge is 0.252 e. The van der Waals surface area contributed by atoms with E-state index >= 15 is 0 Å². The van der Waals surface area contributed by atoms with Gasteiger partial charge in [-0.25, -0.2) is 0 Å². The van der Waals surface area contributed by atoms with Crippen molar-refractivity contribution in [1.29, 1.82) is 0 Å². The quantitative estimate of drug-likeness (QED) is 0.936. The van der Waals surface area contributed by atoms with Gasteiger partial charge in [-0.3, -0.25) is 4.79 Å². The van der Waals surface area contributed by atoms with Crippen LogP contribution in [-0.4, -0.2) is 19.2 Å². The lowest BCUT2D eigenvalue weighted by atomic mass is 9.95. The summed E-state index contributed by atoms with van der Waals surface area (Å²) in [5.74, 6) is 1.65. The number of rotatable bonds is 4. The maximum absolute atomic E-state index is 12.4. The van der Waals surface area contributed by atoms with E-state index in [1.165, 1.54) is 23.3 Å². The fourth-order valence-corrected chi connectivity index (χ4v) is 4.32. The molecule has 4 rings (SSSR count). The Kier molecular flexibility index (Phi) is 3.95. The van der Waals surface area contributed by atoms with Gasteiger partial charge in [-0.15, -0.1) is 11.3 Å². The highest BCUT2D eigenvalue weighted by Crippen LogP contribution is 2.32. The third-order valence-corrected chi connectivity index (χ3v) is 5.53. The van der Waals surface area contributed by atoms with Crippen LogP contribution in [0.5, 0.6) is 11.5 Å². The monoisotopic (exact) mass is 329 g/mol. The molecule has 0 fully saturated rings. The minimum Gasteiger partial charge on any atom is -0.454 e. The van der Waals surface area contributed by atoms with Crippen LogP contribution in [0.4, 0.5) is 0 Å². The number of hydrogen-bond donors (Lipinski definition) is 1. The molecular weight excluding hydrogens is 310 g/mol. The Bertz CT molecular complexity index is 738. The van der Waals surface area contributed by atoms with E-state index in [1.807, 2.05) is 23.6 Å². The molecule has 1 N–H and O–H groups in total. The zero-order valence-corrected chi connectivity index (χ0v) is 13.7. The van der Waals surface area contributed by atoms with E-state index in [0.29, 0.717) is 13.3 Å². The number of carbonyl (C=O) groups is 1. The van der Waals surface area contributed by atoms with Crippen LogP contribution in [0.3, 0.4) is 0 Å². The molecule has 1 amide bonds. The van der Waals surface area contributed by atoms with E-state index in [4.69, 9.17) is 9.47 Å². The van der Waals surface area contributed by atoms with E-state index in [0.717, 1.165) is 41.9 Å². The van der Waals surface area contributed by atoms with Gasteiger partial charge in [0, 0.05) is 16.8 Å². The highest BCUT2D eigenvalue weighted by Gasteiger charge is 2.20. The van der Waals surface area contributed by atoms with Gasteiger partial charge in [0.1, 0.15) is 0 Å². The summed E-state index contributed by atoms with van der Waals surface area (Å²) < 4.78 is 10.7. The van der Waals surface area contributed by atoms with E-state index < -0.39 is 0 Å². The van der Waals surface area contributed by atoms with E-state index in [9.17, 15) is 4.79 Å². The topological polar surface area (TPSA) is 47.6 Å². The maximum Gasteiger partial charge on any atom is 0.252 e. The molecule has 0 saturated carbocycles. The lowest BCUT2D eigenvalue weighted by molar-refractivity contribution is 0.0953. The number of fused-ring (bicyclic) bond motifs is 2. The zero-order valence-electron chi connectivity index (χ0n) is 12.9. The number of carbonyl (C=O) groups excluding carboxylic acids is 1. The molecule has 23 heavy (non-hydrogen) atoms. The predicted molar refractivity (Wildman–Crippen MR) is 89.6 cm³/mol. The summed E-state index contributed by atoms with van der Waals surface area (Å²) in [6.07, 6.45) is 5.41. The summed E-state index contributed by atoms with van der Waals surface area (Å²) in [6.45, 7) is 0.919. The van der Waals surface area contributed by atoms with Crippen LogP contribution in [-0.2, 0) is 19.3 Å². The van der Waals surface area contributed by atoms with E-state index in [2.05, 4.69) is 5.32 Å². The van der Waals surface area contributed by atoms with Crippen molar-refractivity contribution in [3.63, 3.8) is 0 Å². The van der Waals surface area contributed by atoms with E-state index in [-0.39, 0.29) is 5.91 Å². The Hall–Kier alpha value is -2.01. The molecule has 0 radical (unpaired) electrons. The Morgan fingerprint density at radius 3 is 3.00 bits per heavy atom. The summed E-state index contributed by atoms with van der Waals surface area (Å²) >= 11 is 1.73. The van der Waals surface area contributed by atoms with Crippen molar-refractivity contribution in [1.82, 2.24) is 5.32 Å². The number of nitrogens with one attached hydrogen (secondary N) is 1. The largest absolute Gasteiger partial charge is 0.454 e. The van der Waals surface area contributed by atoms with Crippen molar-refractivity contribution in [2.24, 2.45) is 0 Å². The summed E-state index contributed by atoms with van der Waals surface area (Å²) in [5, 5.41) is 5.07. The number of hydrogen-bond acceptors (Lipinski definition) is 4. The van der Waals surface area contributed by atoms with Gasteiger partial charge in [-0.1, -0.05) is 6.07 Å². The van der Waals surface area contributed by atoms with Crippen LogP contribution >= 0.6 is 11.3 Å². The standard InChI is InChI=1S/C18H19NO3S/c20-18(14-10-23-17-4-2-1-3-13(14)17)19-8-7-12-5-6-15-16(9-12)22-11-21-15/h5-6,9-10H,1-4,7-8,11H2,(H,19,20). The van der Waals surface area contributed by atoms with Crippen molar-refractivity contribution in [2.45, 2.75) is 32.1 Å². The van der Waals surface area contributed by atoms with Crippen LogP contribution in [0.15, 0.2) is 23.6 Å². The van der Waals surface area contributed by atoms with Crippen molar-refractivity contribution in [3.05, 3.63) is 45.1 Å². The molecule has 0 spiro atoms. The molecule has 2 aromatic rings. The Labute approximate surface area is 139 Å². The van der Waals surface area contributed by atoms with Gasteiger partial charge in [0.15, 0.2) is 11.5 Å². The highest BCUT2D eigenvalue weighted by molar-refractivity contribution is 7.10. The minimum absolute atomic E-state index is 0.0603. The van der Waals surface area contributed by atoms with Gasteiger partial charge in [0.05, 0.1) is 5.56 Å². The molecule has 0 unspecified atom stereocenters. The minimum atomic E-state index is 0.0603. The molecule has 1 aliphatic carbocycles. The van der Waals surface area contributed by atoms with Gasteiger partial charge in [-0.2, -0.15) is 0 Å². The van der Waals surface area contributed by atoms with Gasteiger partial charge in [0.25, 0.3) is 5.91 Å². The molecule has 0 saturated heterocycles. The fraction of sp³-hybridized carbons (Fsp3) is 0.389. The molecule has 120 valence electrons. The lowest BCUT2D eigenvalue weighted by Gasteiger charge is -2.12. The molecule has 4 nitrogen and oxygen atoms in total. The van der Waals surface area contributed by atoms with Gasteiger partial charge in [0.2, 0.25) is 6.79 Å². The van der Waals surface area contributed by atoms with Crippen LogP contribution in [0, 0.1) is 0 Å². The summed E-state index contributed by atoms with van der Waals surface area (Å²) in [5.41, 5.74) is 3.30. The van der Waals surface area contributed by atoms with Gasteiger partial charge >= 0.3 is 0 Å². The number of ether oxygens (including phenoxy) is 2. The molecule has 0 atom stereocenters. The highest BCUT2D eigenvalue weighted by atomic mass is 32.1. The third-order valence-electron chi connectivity index (χ3n) is 4.44. The first-order valence-electron chi connectivity index (χ1n) is 8.07. The maximum atomic E-state index is 12.4. The molecule has 2 aliphatic rings.